The quantitative estimate of drug-likeness (QED) is 0.459. The van der Waals surface area contributed by atoms with Crippen molar-refractivity contribution in [1.82, 2.24) is 10.6 Å². The van der Waals surface area contributed by atoms with Crippen LogP contribution in [0.1, 0.15) is 57.5 Å². The van der Waals surface area contributed by atoms with E-state index in [1.54, 1.807) is 30.3 Å². The number of fused-ring (bicyclic) bond motifs is 1. The Balaban J connectivity index is 1.69. The summed E-state index contributed by atoms with van der Waals surface area (Å²) in [5.74, 6) is -1.15. The van der Waals surface area contributed by atoms with Crippen molar-refractivity contribution in [2.24, 2.45) is 5.73 Å². The summed E-state index contributed by atoms with van der Waals surface area (Å²) in [4.78, 5) is 26.4. The van der Waals surface area contributed by atoms with Gasteiger partial charge in [-0.05, 0) is 47.4 Å². The molecule has 3 aromatic rings. The summed E-state index contributed by atoms with van der Waals surface area (Å²) < 4.78 is 0. The molecule has 4 rings (SSSR count). The lowest BCUT2D eigenvalue weighted by atomic mass is 9.80. The predicted octanol–water partition coefficient (Wildman–Crippen LogP) is 5.37. The fourth-order valence-corrected chi connectivity index (χ4v) is 4.66. The first-order valence-corrected chi connectivity index (χ1v) is 11.2. The highest BCUT2D eigenvalue weighted by atomic mass is 35.5. The number of hydrogen-bond donors (Lipinski definition) is 3. The number of rotatable bonds is 5. The fraction of sp³-hybridized carbons (Fsp3) is 0.154. The number of nitrogens with one attached hydrogen (secondary N) is 2. The monoisotopic (exact) mass is 479 g/mol. The predicted molar refractivity (Wildman–Crippen MR) is 132 cm³/mol. The third-order valence-corrected chi connectivity index (χ3v) is 6.44. The van der Waals surface area contributed by atoms with Gasteiger partial charge in [0.15, 0.2) is 0 Å². The zero-order valence-corrected chi connectivity index (χ0v) is 19.5. The molecule has 1 aliphatic rings. The maximum atomic E-state index is 13.6. The number of nitrogens with two attached hydrogens (primary N) is 1. The first-order chi connectivity index (χ1) is 15.8. The topological polar surface area (TPSA) is 84.2 Å². The number of carbonyl (C=O) groups is 2. The van der Waals surface area contributed by atoms with Crippen molar-refractivity contribution >= 4 is 40.7 Å². The van der Waals surface area contributed by atoms with Crippen LogP contribution < -0.4 is 16.4 Å². The highest BCUT2D eigenvalue weighted by molar-refractivity contribution is 6.35. The molecule has 0 saturated heterocycles. The van der Waals surface area contributed by atoms with Crippen molar-refractivity contribution in [2.45, 2.75) is 24.9 Å². The van der Waals surface area contributed by atoms with Gasteiger partial charge in [0.05, 0.1) is 18.0 Å². The van der Waals surface area contributed by atoms with Gasteiger partial charge in [-0.1, -0.05) is 78.3 Å². The number of carbonyl (C=O) groups excluding carboxylic acids is 2. The van der Waals surface area contributed by atoms with Gasteiger partial charge in [-0.25, -0.2) is 0 Å². The van der Waals surface area contributed by atoms with Crippen LogP contribution in [0.4, 0.5) is 0 Å². The van der Waals surface area contributed by atoms with Crippen LogP contribution in [-0.2, 0) is 4.79 Å². The van der Waals surface area contributed by atoms with Crippen LogP contribution in [0.5, 0.6) is 0 Å². The summed E-state index contributed by atoms with van der Waals surface area (Å²) in [5, 5.41) is 6.91. The summed E-state index contributed by atoms with van der Waals surface area (Å²) in [5.41, 5.74) is 9.73. The highest BCUT2D eigenvalue weighted by Crippen LogP contribution is 2.40. The molecule has 0 aliphatic carbocycles. The molecule has 0 saturated carbocycles. The average Bonchev–Trinajstić information content (AvgIpc) is 2.79. The number of amides is 2. The minimum Gasteiger partial charge on any atom is -0.399 e. The van der Waals surface area contributed by atoms with E-state index in [0.29, 0.717) is 32.4 Å². The van der Waals surface area contributed by atoms with Gasteiger partial charge < -0.3 is 16.4 Å². The third kappa shape index (κ3) is 4.61. The summed E-state index contributed by atoms with van der Waals surface area (Å²) in [6, 6.07) is 18.8. The van der Waals surface area contributed by atoms with Gasteiger partial charge in [0.1, 0.15) is 0 Å². The van der Waals surface area contributed by atoms with E-state index in [9.17, 15) is 9.59 Å². The number of hydrogen-bond acceptors (Lipinski definition) is 3. The van der Waals surface area contributed by atoms with Crippen molar-refractivity contribution in [3.8, 4) is 0 Å². The van der Waals surface area contributed by atoms with Gasteiger partial charge >= 0.3 is 0 Å². The maximum Gasteiger partial charge on any atom is 0.252 e. The van der Waals surface area contributed by atoms with E-state index >= 15 is 0 Å². The summed E-state index contributed by atoms with van der Waals surface area (Å²) in [6.07, 6.45) is 0. The molecule has 3 atom stereocenters. The maximum absolute atomic E-state index is 13.6. The van der Waals surface area contributed by atoms with E-state index in [1.807, 2.05) is 43.3 Å². The second-order valence-electron chi connectivity index (χ2n) is 8.06. The smallest absolute Gasteiger partial charge is 0.252 e. The summed E-state index contributed by atoms with van der Waals surface area (Å²) in [6.45, 7) is 5.65. The molecule has 1 aliphatic heterocycles. The Hall–Kier alpha value is -3.28. The molecule has 5 nitrogen and oxygen atoms in total. The highest BCUT2D eigenvalue weighted by Gasteiger charge is 2.40. The molecule has 33 heavy (non-hydrogen) atoms. The molecule has 1 unspecified atom stereocenters. The van der Waals surface area contributed by atoms with Crippen LogP contribution in [0.15, 0.2) is 73.3 Å². The van der Waals surface area contributed by atoms with E-state index in [2.05, 4.69) is 17.2 Å². The SMILES string of the molecule is C=C(N)c1ccc(C(C)NC(=O)[C@@H]2c3ccccc3C(=O)N[C@H]2c2ccc(Cl)cc2Cl)cc1. The van der Waals surface area contributed by atoms with E-state index in [0.717, 1.165) is 11.1 Å². The standard InChI is InChI=1S/C26H23Cl2N3O2/c1-14(29)16-7-9-17(10-8-16)15(2)30-26(33)23-19-5-3-4-6-20(19)25(32)31-24(23)21-12-11-18(27)13-22(21)28/h3-13,15,23-24H,1,29H2,2H3,(H,30,33)(H,31,32)/t15?,23-,24+/m1/s1. The van der Waals surface area contributed by atoms with Gasteiger partial charge in [0, 0.05) is 21.3 Å². The van der Waals surface area contributed by atoms with Crippen molar-refractivity contribution in [3.05, 3.63) is 111 Å². The van der Waals surface area contributed by atoms with Crippen molar-refractivity contribution in [3.63, 3.8) is 0 Å². The molecular formula is C26H23Cl2N3O2. The molecule has 0 bridgehead atoms. The Labute approximate surface area is 202 Å². The second-order valence-corrected chi connectivity index (χ2v) is 8.90. The molecule has 168 valence electrons. The Kier molecular flexibility index (Phi) is 6.45. The molecule has 0 spiro atoms. The summed E-state index contributed by atoms with van der Waals surface area (Å²) in [7, 11) is 0. The van der Waals surface area contributed by atoms with Crippen LogP contribution in [0.2, 0.25) is 10.0 Å². The van der Waals surface area contributed by atoms with Crippen LogP contribution in [0.25, 0.3) is 5.70 Å². The van der Waals surface area contributed by atoms with E-state index in [4.69, 9.17) is 28.9 Å². The van der Waals surface area contributed by atoms with Crippen molar-refractivity contribution in [2.75, 3.05) is 0 Å². The van der Waals surface area contributed by atoms with Crippen LogP contribution >= 0.6 is 23.2 Å². The van der Waals surface area contributed by atoms with Crippen LogP contribution in [-0.4, -0.2) is 11.8 Å². The first-order valence-electron chi connectivity index (χ1n) is 10.5. The number of halogens is 2. The van der Waals surface area contributed by atoms with Crippen molar-refractivity contribution < 1.29 is 9.59 Å². The van der Waals surface area contributed by atoms with Gasteiger partial charge in [0.25, 0.3) is 5.91 Å². The third-order valence-electron chi connectivity index (χ3n) is 5.88. The molecular weight excluding hydrogens is 457 g/mol. The molecule has 1 heterocycles. The Morgan fingerprint density at radius 3 is 2.42 bits per heavy atom. The van der Waals surface area contributed by atoms with Crippen LogP contribution in [0, 0.1) is 0 Å². The molecule has 2 amide bonds. The Morgan fingerprint density at radius 1 is 1.06 bits per heavy atom. The van der Waals surface area contributed by atoms with E-state index < -0.39 is 12.0 Å². The second kappa shape index (κ2) is 9.30. The molecule has 3 aromatic carbocycles. The molecule has 0 fully saturated rings. The van der Waals surface area contributed by atoms with Gasteiger partial charge in [-0.3, -0.25) is 9.59 Å². The molecule has 0 radical (unpaired) electrons. The molecule has 4 N–H and O–H groups in total. The number of benzene rings is 3. The Bertz CT molecular complexity index is 1240. The lowest BCUT2D eigenvalue weighted by molar-refractivity contribution is -0.124. The summed E-state index contributed by atoms with van der Waals surface area (Å²) >= 11 is 12.5. The normalized spacial score (nSPS) is 18.1. The molecule has 0 aromatic heterocycles. The largest absolute Gasteiger partial charge is 0.399 e. The van der Waals surface area contributed by atoms with E-state index in [-0.39, 0.29) is 17.9 Å². The van der Waals surface area contributed by atoms with Gasteiger partial charge in [-0.15, -0.1) is 0 Å². The lowest BCUT2D eigenvalue weighted by Crippen LogP contribution is -2.45. The van der Waals surface area contributed by atoms with Gasteiger partial charge in [0.2, 0.25) is 5.91 Å². The van der Waals surface area contributed by atoms with E-state index in [1.165, 1.54) is 0 Å². The minimum absolute atomic E-state index is 0.224. The van der Waals surface area contributed by atoms with Crippen molar-refractivity contribution in [1.29, 1.82) is 0 Å². The average molecular weight is 480 g/mol. The van der Waals surface area contributed by atoms with Gasteiger partial charge in [-0.2, -0.15) is 0 Å². The minimum atomic E-state index is -0.678. The fourth-order valence-electron chi connectivity index (χ4n) is 4.13. The zero-order valence-electron chi connectivity index (χ0n) is 17.9. The van der Waals surface area contributed by atoms with Crippen LogP contribution in [0.3, 0.4) is 0 Å². The molecule has 7 heteroatoms. The zero-order chi connectivity index (χ0) is 23.7. The first kappa shape index (κ1) is 22.9. The lowest BCUT2D eigenvalue weighted by Gasteiger charge is -2.34. The Morgan fingerprint density at radius 2 is 1.76 bits per heavy atom.